The number of carbonyl (C=O) groups excluding carboxylic acids is 3. The van der Waals surface area contributed by atoms with Gasteiger partial charge in [-0.1, -0.05) is 49.4 Å². The predicted molar refractivity (Wildman–Crippen MR) is 184 cm³/mol. The molecule has 4 aliphatic heterocycles. The van der Waals surface area contributed by atoms with E-state index in [2.05, 4.69) is 10.6 Å². The average Bonchev–Trinajstić information content (AvgIpc) is 3.77. The number of nitrogens with one attached hydrogen (secondary N) is 2. The van der Waals surface area contributed by atoms with Gasteiger partial charge in [0.05, 0.1) is 36.9 Å². The van der Waals surface area contributed by atoms with E-state index in [1.54, 1.807) is 35.0 Å². The summed E-state index contributed by atoms with van der Waals surface area (Å²) in [6.45, 7) is 6.02. The lowest BCUT2D eigenvalue weighted by Gasteiger charge is -2.37. The number of halogens is 1. The fourth-order valence-electron chi connectivity index (χ4n) is 8.55. The SMILES string of the molecule is C[C@@H]1[C@@H]([Si](C)(C)F)[C@H](CC(=O)N2Cc3ccccc3C[C@H]2CO)O[C@@]12C(=O)N(c1ccccc1)c1ccc(NC(=O)[C@H]3CCCN3)cc12. The summed E-state index contributed by atoms with van der Waals surface area (Å²) < 4.78 is 23.4. The van der Waals surface area contributed by atoms with E-state index < -0.39 is 37.6 Å². The Hall–Kier alpha value is -3.90. The van der Waals surface area contributed by atoms with Crippen molar-refractivity contribution in [3.63, 3.8) is 0 Å². The lowest BCUT2D eigenvalue weighted by Crippen LogP contribution is -2.48. The van der Waals surface area contributed by atoms with Gasteiger partial charge < -0.3 is 29.5 Å². The fourth-order valence-corrected chi connectivity index (χ4v) is 11.0. The smallest absolute Gasteiger partial charge is 0.268 e. The maximum absolute atomic E-state index is 16.5. The molecule has 0 saturated carbocycles. The number of anilines is 3. The second kappa shape index (κ2) is 12.5. The molecule has 3 aromatic rings. The fraction of sp³-hybridized carbons (Fsp3) is 0.432. The maximum atomic E-state index is 16.5. The molecule has 6 atom stereocenters. The Morgan fingerprint density at radius 3 is 2.50 bits per heavy atom. The van der Waals surface area contributed by atoms with E-state index in [-0.39, 0.29) is 36.8 Å². The minimum atomic E-state index is -3.55. The van der Waals surface area contributed by atoms with Crippen LogP contribution in [0.3, 0.4) is 0 Å². The van der Waals surface area contributed by atoms with Gasteiger partial charge in [0.25, 0.3) is 5.91 Å². The highest BCUT2D eigenvalue weighted by Gasteiger charge is 2.67. The number of aliphatic hydroxyl groups is 1. The zero-order valence-corrected chi connectivity index (χ0v) is 28.6. The van der Waals surface area contributed by atoms with Crippen LogP contribution in [0.5, 0.6) is 0 Å². The number of para-hydroxylation sites is 1. The zero-order chi connectivity index (χ0) is 33.8. The molecule has 3 N–H and O–H groups in total. The molecule has 0 aromatic heterocycles. The first-order valence-corrected chi connectivity index (χ1v) is 19.9. The van der Waals surface area contributed by atoms with Gasteiger partial charge in [0.2, 0.25) is 20.2 Å². The van der Waals surface area contributed by atoms with Gasteiger partial charge in [-0.15, -0.1) is 0 Å². The van der Waals surface area contributed by atoms with Crippen LogP contribution in [0.1, 0.15) is 42.9 Å². The van der Waals surface area contributed by atoms with Gasteiger partial charge >= 0.3 is 0 Å². The topological polar surface area (TPSA) is 111 Å². The first-order valence-electron chi connectivity index (χ1n) is 16.9. The van der Waals surface area contributed by atoms with Gasteiger partial charge in [0.15, 0.2) is 5.60 Å². The lowest BCUT2D eigenvalue weighted by atomic mass is 9.82. The molecule has 0 unspecified atom stereocenters. The molecule has 7 rings (SSSR count). The van der Waals surface area contributed by atoms with Crippen molar-refractivity contribution >= 4 is 43.2 Å². The summed E-state index contributed by atoms with van der Waals surface area (Å²) in [6.07, 6.45) is 1.20. The third-order valence-electron chi connectivity index (χ3n) is 10.8. The first-order chi connectivity index (χ1) is 23.0. The number of amides is 3. The highest BCUT2D eigenvalue weighted by atomic mass is 28.4. The summed E-state index contributed by atoms with van der Waals surface area (Å²) in [5, 5.41) is 16.5. The molecule has 11 heteroatoms. The number of benzene rings is 3. The van der Waals surface area contributed by atoms with Crippen LogP contribution in [0.25, 0.3) is 0 Å². The number of hydrogen-bond acceptors (Lipinski definition) is 6. The molecule has 0 radical (unpaired) electrons. The van der Waals surface area contributed by atoms with Gasteiger partial charge in [0, 0.05) is 34.9 Å². The van der Waals surface area contributed by atoms with Crippen LogP contribution in [-0.2, 0) is 37.7 Å². The quantitative estimate of drug-likeness (QED) is 0.237. The highest BCUT2D eigenvalue weighted by Crippen LogP contribution is 2.61. The van der Waals surface area contributed by atoms with Crippen molar-refractivity contribution in [2.45, 2.75) is 81.6 Å². The molecular weight excluding hydrogens is 628 g/mol. The zero-order valence-electron chi connectivity index (χ0n) is 27.6. The Morgan fingerprint density at radius 1 is 1.08 bits per heavy atom. The van der Waals surface area contributed by atoms with Crippen molar-refractivity contribution in [3.8, 4) is 0 Å². The molecule has 252 valence electrons. The van der Waals surface area contributed by atoms with E-state index in [1.165, 1.54) is 0 Å². The molecule has 4 aliphatic rings. The van der Waals surface area contributed by atoms with Crippen LogP contribution in [-0.4, -0.2) is 67.5 Å². The van der Waals surface area contributed by atoms with Crippen molar-refractivity contribution in [1.29, 1.82) is 0 Å². The van der Waals surface area contributed by atoms with Gasteiger partial charge in [-0.05, 0) is 80.4 Å². The number of aliphatic hydroxyl groups excluding tert-OH is 1. The van der Waals surface area contributed by atoms with Crippen molar-refractivity contribution in [2.75, 3.05) is 23.4 Å². The molecule has 3 amide bonds. The molecule has 0 bridgehead atoms. The number of carbonyl (C=O) groups is 3. The first kappa shape index (κ1) is 32.6. The largest absolute Gasteiger partial charge is 0.394 e. The summed E-state index contributed by atoms with van der Waals surface area (Å²) in [5.41, 5.74) is 2.19. The molecule has 2 saturated heterocycles. The van der Waals surface area contributed by atoms with Gasteiger partial charge in [-0.2, -0.15) is 0 Å². The highest BCUT2D eigenvalue weighted by molar-refractivity contribution is 6.72. The van der Waals surface area contributed by atoms with E-state index in [9.17, 15) is 19.5 Å². The van der Waals surface area contributed by atoms with Crippen LogP contribution < -0.4 is 15.5 Å². The minimum absolute atomic E-state index is 0.118. The van der Waals surface area contributed by atoms with Crippen molar-refractivity contribution < 1.29 is 28.3 Å². The van der Waals surface area contributed by atoms with Gasteiger partial charge in [-0.25, -0.2) is 0 Å². The standard InChI is InChI=1S/C37H43FN4O5Si/c1-23-34(48(2,3)38)32(20-33(44)41-21-25-11-8-7-10-24(25)18-28(41)22-43)47-37(23)29-19-26(40-35(45)30-14-9-17-39-30)15-16-31(29)42(36(37)46)27-12-5-4-6-13-27/h4-8,10-13,15-16,19,23,28,30,32,34,39,43H,9,14,17-18,20-22H2,1-3H3,(H,40,45)/t23-,28+,30-,32+,34-,37+/m1/s1. The summed E-state index contributed by atoms with van der Waals surface area (Å²) in [7, 11) is -3.55. The molecule has 0 aliphatic carbocycles. The van der Waals surface area contributed by atoms with E-state index >= 15 is 4.11 Å². The Kier molecular flexibility index (Phi) is 8.51. The van der Waals surface area contributed by atoms with Crippen LogP contribution >= 0.6 is 0 Å². The third kappa shape index (κ3) is 5.46. The van der Waals surface area contributed by atoms with Crippen LogP contribution in [0.15, 0.2) is 72.8 Å². The molecule has 3 aromatic carbocycles. The minimum Gasteiger partial charge on any atom is -0.394 e. The molecule has 2 fully saturated rings. The van der Waals surface area contributed by atoms with E-state index in [4.69, 9.17) is 4.74 Å². The normalized spacial score (nSPS) is 28.1. The molecule has 48 heavy (non-hydrogen) atoms. The Labute approximate surface area is 281 Å². The Morgan fingerprint density at radius 2 is 1.81 bits per heavy atom. The summed E-state index contributed by atoms with van der Waals surface area (Å²) >= 11 is 0. The number of nitrogens with zero attached hydrogens (tertiary/aromatic N) is 2. The van der Waals surface area contributed by atoms with Crippen molar-refractivity contribution in [3.05, 3.63) is 89.5 Å². The van der Waals surface area contributed by atoms with Crippen molar-refractivity contribution in [2.24, 2.45) is 5.92 Å². The summed E-state index contributed by atoms with van der Waals surface area (Å²) in [6, 6.07) is 21.8. The Balaban J connectivity index is 1.26. The molecule has 9 nitrogen and oxygen atoms in total. The Bertz CT molecular complexity index is 1730. The molecule has 4 heterocycles. The van der Waals surface area contributed by atoms with E-state index in [0.717, 1.165) is 30.5 Å². The second-order valence-corrected chi connectivity index (χ2v) is 17.9. The maximum Gasteiger partial charge on any atom is 0.268 e. The third-order valence-corrected chi connectivity index (χ3v) is 13.2. The summed E-state index contributed by atoms with van der Waals surface area (Å²) in [4.78, 5) is 45.3. The predicted octanol–water partition coefficient (Wildman–Crippen LogP) is 5.17. The van der Waals surface area contributed by atoms with E-state index in [0.29, 0.717) is 35.6 Å². The number of hydrogen-bond donors (Lipinski definition) is 3. The van der Waals surface area contributed by atoms with Crippen LogP contribution in [0, 0.1) is 5.92 Å². The van der Waals surface area contributed by atoms with E-state index in [1.807, 2.05) is 67.6 Å². The van der Waals surface area contributed by atoms with Gasteiger partial charge in [0.1, 0.15) is 0 Å². The van der Waals surface area contributed by atoms with Gasteiger partial charge in [-0.3, -0.25) is 19.3 Å². The number of rotatable bonds is 7. The molecule has 1 spiro atoms. The number of fused-ring (bicyclic) bond motifs is 3. The number of ether oxygens (including phenoxy) is 1. The van der Waals surface area contributed by atoms with Crippen LogP contribution in [0.4, 0.5) is 21.2 Å². The van der Waals surface area contributed by atoms with Crippen molar-refractivity contribution in [1.82, 2.24) is 10.2 Å². The summed E-state index contributed by atoms with van der Waals surface area (Å²) in [5.74, 6) is -1.33. The monoisotopic (exact) mass is 670 g/mol. The van der Waals surface area contributed by atoms with Crippen LogP contribution in [0.2, 0.25) is 18.6 Å². The molecular formula is C37H43FN4O5Si. The lowest BCUT2D eigenvalue weighted by molar-refractivity contribution is -0.150. The average molecular weight is 671 g/mol. The second-order valence-electron chi connectivity index (χ2n) is 14.2.